The number of aryl methyl sites for hydroxylation is 1. The number of nitrogens with one attached hydrogen (secondary N) is 1. The Bertz CT molecular complexity index is 934. The fourth-order valence-electron chi connectivity index (χ4n) is 4.63. The van der Waals surface area contributed by atoms with Crippen molar-refractivity contribution in [1.82, 2.24) is 10.2 Å². The highest BCUT2D eigenvalue weighted by Gasteiger charge is 2.66. The van der Waals surface area contributed by atoms with Gasteiger partial charge in [-0.15, -0.1) is 0 Å². The van der Waals surface area contributed by atoms with Crippen LogP contribution in [0, 0.1) is 18.8 Å². The van der Waals surface area contributed by atoms with Gasteiger partial charge in [-0.3, -0.25) is 9.59 Å². The molecule has 4 heterocycles. The fourth-order valence-corrected chi connectivity index (χ4v) is 4.63. The molecule has 5 rings (SSSR count). The first-order chi connectivity index (χ1) is 13.6. The molecule has 0 radical (unpaired) electrons. The molecule has 2 amide bonds. The summed E-state index contributed by atoms with van der Waals surface area (Å²) in [6, 6.07) is 11.8. The Kier molecular flexibility index (Phi) is 3.91. The molecule has 0 saturated carbocycles. The molecule has 3 aliphatic heterocycles. The number of furan rings is 1. The van der Waals surface area contributed by atoms with E-state index in [1.807, 2.05) is 54.3 Å². The van der Waals surface area contributed by atoms with Crippen molar-refractivity contribution in [3.05, 3.63) is 71.7 Å². The van der Waals surface area contributed by atoms with Crippen molar-refractivity contribution in [2.75, 3.05) is 6.54 Å². The predicted molar refractivity (Wildman–Crippen MR) is 101 cm³/mol. The Morgan fingerprint density at radius 2 is 2.11 bits per heavy atom. The van der Waals surface area contributed by atoms with Crippen molar-refractivity contribution in [2.45, 2.75) is 31.7 Å². The largest absolute Gasteiger partial charge is 0.467 e. The van der Waals surface area contributed by atoms with Crippen LogP contribution in [0.15, 0.2) is 59.2 Å². The van der Waals surface area contributed by atoms with Crippen LogP contribution in [0.2, 0.25) is 0 Å². The van der Waals surface area contributed by atoms with Crippen LogP contribution in [0.3, 0.4) is 0 Å². The summed E-state index contributed by atoms with van der Waals surface area (Å²) in [7, 11) is 0. The molecule has 6 heteroatoms. The normalized spacial score (nSPS) is 30.1. The van der Waals surface area contributed by atoms with Gasteiger partial charge in [0.1, 0.15) is 11.4 Å². The molecule has 1 aromatic heterocycles. The van der Waals surface area contributed by atoms with E-state index in [1.54, 1.807) is 12.3 Å². The highest BCUT2D eigenvalue weighted by Crippen LogP contribution is 2.52. The van der Waals surface area contributed by atoms with Crippen LogP contribution in [0.4, 0.5) is 0 Å². The van der Waals surface area contributed by atoms with Gasteiger partial charge < -0.3 is 19.4 Å². The van der Waals surface area contributed by atoms with Gasteiger partial charge in [0.05, 0.1) is 37.3 Å². The van der Waals surface area contributed by atoms with Gasteiger partial charge in [0.2, 0.25) is 11.8 Å². The van der Waals surface area contributed by atoms with Crippen molar-refractivity contribution < 1.29 is 18.7 Å². The molecule has 2 saturated heterocycles. The average Bonchev–Trinajstić information content (AvgIpc) is 3.45. The molecule has 2 fully saturated rings. The van der Waals surface area contributed by atoms with E-state index in [0.29, 0.717) is 25.4 Å². The van der Waals surface area contributed by atoms with Crippen molar-refractivity contribution >= 4 is 11.8 Å². The quantitative estimate of drug-likeness (QED) is 0.810. The molecule has 2 aromatic rings. The van der Waals surface area contributed by atoms with E-state index in [1.165, 1.54) is 5.56 Å². The minimum absolute atomic E-state index is 0.00873. The first kappa shape index (κ1) is 17.3. The molecule has 144 valence electrons. The summed E-state index contributed by atoms with van der Waals surface area (Å²) in [5, 5.41) is 2.90. The Morgan fingerprint density at radius 3 is 2.86 bits per heavy atom. The lowest BCUT2D eigenvalue weighted by molar-refractivity contribution is -0.137. The molecular formula is C22H22N2O4. The molecule has 2 unspecified atom stereocenters. The number of carbonyl (C=O) groups excluding carboxylic acids is 2. The number of carbonyl (C=O) groups is 2. The SMILES string of the molecule is Cc1ccc(CN2CC34C=C[C@@H](O3)C(C(=O)NCc3ccco3)[C@@H]4C2=O)cc1. The maximum absolute atomic E-state index is 13.2. The van der Waals surface area contributed by atoms with Gasteiger partial charge in [-0.25, -0.2) is 0 Å². The lowest BCUT2D eigenvalue weighted by Gasteiger charge is -2.23. The zero-order valence-electron chi connectivity index (χ0n) is 15.6. The third-order valence-corrected chi connectivity index (χ3v) is 5.99. The van der Waals surface area contributed by atoms with E-state index < -0.39 is 17.4 Å². The number of fused-ring (bicyclic) bond motifs is 1. The summed E-state index contributed by atoms with van der Waals surface area (Å²) in [5.41, 5.74) is 1.58. The van der Waals surface area contributed by atoms with Crippen LogP contribution >= 0.6 is 0 Å². The number of benzene rings is 1. The van der Waals surface area contributed by atoms with Gasteiger partial charge in [0.25, 0.3) is 0 Å². The fraction of sp³-hybridized carbons (Fsp3) is 0.364. The first-order valence-electron chi connectivity index (χ1n) is 9.57. The highest BCUT2D eigenvalue weighted by atomic mass is 16.5. The van der Waals surface area contributed by atoms with Crippen LogP contribution in [-0.2, 0) is 27.4 Å². The van der Waals surface area contributed by atoms with Crippen molar-refractivity contribution in [3.63, 3.8) is 0 Å². The lowest BCUT2D eigenvalue weighted by atomic mass is 9.77. The van der Waals surface area contributed by atoms with Gasteiger partial charge in [-0.2, -0.15) is 0 Å². The van der Waals surface area contributed by atoms with E-state index in [-0.39, 0.29) is 17.9 Å². The van der Waals surface area contributed by atoms with Crippen LogP contribution in [0.1, 0.15) is 16.9 Å². The zero-order valence-corrected chi connectivity index (χ0v) is 15.6. The van der Waals surface area contributed by atoms with Gasteiger partial charge in [-0.1, -0.05) is 42.0 Å². The zero-order chi connectivity index (χ0) is 19.3. The number of amides is 2. The Hall–Kier alpha value is -2.86. The van der Waals surface area contributed by atoms with Gasteiger partial charge in [0.15, 0.2) is 0 Å². The van der Waals surface area contributed by atoms with Crippen LogP contribution in [-0.4, -0.2) is 35.0 Å². The topological polar surface area (TPSA) is 71.8 Å². The van der Waals surface area contributed by atoms with E-state index in [2.05, 4.69) is 5.32 Å². The maximum Gasteiger partial charge on any atom is 0.230 e. The second-order valence-electron chi connectivity index (χ2n) is 7.88. The summed E-state index contributed by atoms with van der Waals surface area (Å²) in [4.78, 5) is 27.9. The minimum Gasteiger partial charge on any atom is -0.467 e. The number of rotatable bonds is 5. The Morgan fingerprint density at radius 1 is 1.29 bits per heavy atom. The predicted octanol–water partition coefficient (Wildman–Crippen LogP) is 2.19. The highest BCUT2D eigenvalue weighted by molar-refractivity contribution is 5.93. The van der Waals surface area contributed by atoms with Gasteiger partial charge in [-0.05, 0) is 24.6 Å². The number of hydrogen-bond donors (Lipinski definition) is 1. The molecule has 1 spiro atoms. The average molecular weight is 378 g/mol. The monoisotopic (exact) mass is 378 g/mol. The first-order valence-corrected chi connectivity index (χ1v) is 9.57. The third kappa shape index (κ3) is 2.67. The van der Waals surface area contributed by atoms with Gasteiger partial charge >= 0.3 is 0 Å². The smallest absolute Gasteiger partial charge is 0.230 e. The second kappa shape index (κ2) is 6.34. The van der Waals surface area contributed by atoms with E-state index in [0.717, 1.165) is 5.56 Å². The molecule has 1 N–H and O–H groups in total. The maximum atomic E-state index is 13.2. The van der Waals surface area contributed by atoms with Crippen molar-refractivity contribution in [1.29, 1.82) is 0 Å². The molecule has 2 bridgehead atoms. The number of nitrogens with zero attached hydrogens (tertiary/aromatic N) is 1. The van der Waals surface area contributed by atoms with E-state index in [4.69, 9.17) is 9.15 Å². The van der Waals surface area contributed by atoms with E-state index in [9.17, 15) is 9.59 Å². The summed E-state index contributed by atoms with van der Waals surface area (Å²) in [5.74, 6) is -0.463. The summed E-state index contributed by atoms with van der Waals surface area (Å²) < 4.78 is 11.4. The number of hydrogen-bond acceptors (Lipinski definition) is 4. The van der Waals surface area contributed by atoms with Crippen LogP contribution < -0.4 is 5.32 Å². The van der Waals surface area contributed by atoms with Crippen LogP contribution in [0.25, 0.3) is 0 Å². The second-order valence-corrected chi connectivity index (χ2v) is 7.88. The standard InChI is InChI=1S/C22H22N2O4/c1-14-4-6-15(7-5-14)12-24-13-22-9-8-17(28-22)18(19(22)21(24)26)20(25)23-11-16-3-2-10-27-16/h2-10,17-19H,11-13H2,1H3,(H,23,25)/t17-,18?,19-,22?/m1/s1. The van der Waals surface area contributed by atoms with Crippen LogP contribution in [0.5, 0.6) is 0 Å². The molecule has 6 nitrogen and oxygen atoms in total. The van der Waals surface area contributed by atoms with Gasteiger partial charge in [0, 0.05) is 6.54 Å². The lowest BCUT2D eigenvalue weighted by Crippen LogP contribution is -2.43. The molecule has 0 aliphatic carbocycles. The molecular weight excluding hydrogens is 356 g/mol. The number of ether oxygens (including phenoxy) is 1. The van der Waals surface area contributed by atoms with E-state index >= 15 is 0 Å². The Balaban J connectivity index is 1.33. The molecule has 3 aliphatic rings. The third-order valence-electron chi connectivity index (χ3n) is 5.99. The summed E-state index contributed by atoms with van der Waals surface area (Å²) in [6.07, 6.45) is 5.14. The molecule has 28 heavy (non-hydrogen) atoms. The minimum atomic E-state index is -0.681. The number of likely N-dealkylation sites (tertiary alicyclic amines) is 1. The van der Waals surface area contributed by atoms with Crippen molar-refractivity contribution in [2.24, 2.45) is 11.8 Å². The van der Waals surface area contributed by atoms with Crippen molar-refractivity contribution in [3.8, 4) is 0 Å². The molecule has 1 aromatic carbocycles. The Labute approximate surface area is 163 Å². The molecule has 4 atom stereocenters. The summed E-state index contributed by atoms with van der Waals surface area (Å²) >= 11 is 0. The summed E-state index contributed by atoms with van der Waals surface area (Å²) in [6.45, 7) is 3.36.